The Morgan fingerprint density at radius 3 is 2.30 bits per heavy atom. The molecule has 2 rings (SSSR count). The Balaban J connectivity index is 2.56. The molecule has 2 aromatic rings. The molecule has 1 N–H and O–H groups in total. The number of aryl methyl sites for hydroxylation is 2. The molecular formula is C17H23N3. The van der Waals surface area contributed by atoms with Gasteiger partial charge in [-0.1, -0.05) is 30.5 Å². The third-order valence-corrected chi connectivity index (χ3v) is 3.28. The van der Waals surface area contributed by atoms with Crippen LogP contribution < -0.4 is 5.32 Å². The topological polar surface area (TPSA) is 37.8 Å². The molecule has 0 atom stereocenters. The first kappa shape index (κ1) is 14.5. The first-order valence-electron chi connectivity index (χ1n) is 7.32. The van der Waals surface area contributed by atoms with E-state index in [1.165, 1.54) is 22.3 Å². The number of hydrogen-bond acceptors (Lipinski definition) is 3. The predicted octanol–water partition coefficient (Wildman–Crippen LogP) is 4.14. The van der Waals surface area contributed by atoms with Crippen molar-refractivity contribution in [1.29, 1.82) is 0 Å². The highest BCUT2D eigenvalue weighted by molar-refractivity contribution is 5.69. The summed E-state index contributed by atoms with van der Waals surface area (Å²) in [6.07, 6.45) is 3.74. The fourth-order valence-electron chi connectivity index (χ4n) is 2.58. The third-order valence-electron chi connectivity index (χ3n) is 3.28. The van der Waals surface area contributed by atoms with Gasteiger partial charge in [0.05, 0.1) is 5.69 Å². The lowest BCUT2D eigenvalue weighted by molar-refractivity contribution is 0.902. The first-order valence-corrected chi connectivity index (χ1v) is 7.32. The van der Waals surface area contributed by atoms with Gasteiger partial charge in [-0.2, -0.15) is 0 Å². The van der Waals surface area contributed by atoms with Crippen molar-refractivity contribution in [3.05, 3.63) is 41.2 Å². The fourth-order valence-corrected chi connectivity index (χ4v) is 2.58. The number of aromatic nitrogens is 2. The van der Waals surface area contributed by atoms with Gasteiger partial charge in [0.1, 0.15) is 12.1 Å². The van der Waals surface area contributed by atoms with Crippen molar-refractivity contribution >= 4 is 5.82 Å². The molecule has 0 saturated carbocycles. The van der Waals surface area contributed by atoms with Crippen molar-refractivity contribution in [1.82, 2.24) is 9.97 Å². The van der Waals surface area contributed by atoms with E-state index < -0.39 is 0 Å². The van der Waals surface area contributed by atoms with E-state index in [1.54, 1.807) is 6.33 Å². The van der Waals surface area contributed by atoms with Gasteiger partial charge in [0.2, 0.25) is 0 Å². The van der Waals surface area contributed by atoms with Crippen LogP contribution in [0.4, 0.5) is 5.82 Å². The maximum atomic E-state index is 4.54. The maximum Gasteiger partial charge on any atom is 0.133 e. The average Bonchev–Trinajstić information content (AvgIpc) is 2.40. The lowest BCUT2D eigenvalue weighted by Crippen LogP contribution is -2.06. The Morgan fingerprint density at radius 1 is 1.00 bits per heavy atom. The van der Waals surface area contributed by atoms with Gasteiger partial charge in [-0.05, 0) is 39.3 Å². The molecular weight excluding hydrogens is 246 g/mol. The van der Waals surface area contributed by atoms with Gasteiger partial charge in [-0.15, -0.1) is 0 Å². The summed E-state index contributed by atoms with van der Waals surface area (Å²) in [4.78, 5) is 8.94. The summed E-state index contributed by atoms with van der Waals surface area (Å²) in [7, 11) is 0. The molecule has 0 spiro atoms. The van der Waals surface area contributed by atoms with Crippen molar-refractivity contribution < 1.29 is 0 Å². The van der Waals surface area contributed by atoms with Crippen LogP contribution in [-0.2, 0) is 6.42 Å². The lowest BCUT2D eigenvalue weighted by Gasteiger charge is -2.14. The van der Waals surface area contributed by atoms with Crippen molar-refractivity contribution in [3.63, 3.8) is 0 Å². The van der Waals surface area contributed by atoms with E-state index in [2.05, 4.69) is 61.2 Å². The van der Waals surface area contributed by atoms with E-state index in [-0.39, 0.29) is 0 Å². The SMILES string of the molecule is CCCc1c(NCC)ncnc1-c1cc(C)cc(C)c1. The van der Waals surface area contributed by atoms with E-state index >= 15 is 0 Å². The third kappa shape index (κ3) is 3.16. The minimum Gasteiger partial charge on any atom is -0.370 e. The Hall–Kier alpha value is -1.90. The van der Waals surface area contributed by atoms with E-state index in [1.807, 2.05) is 0 Å². The molecule has 1 heterocycles. The second-order valence-corrected chi connectivity index (χ2v) is 5.21. The van der Waals surface area contributed by atoms with Crippen LogP contribution in [0.15, 0.2) is 24.5 Å². The van der Waals surface area contributed by atoms with Gasteiger partial charge in [-0.3, -0.25) is 0 Å². The van der Waals surface area contributed by atoms with E-state index in [0.717, 1.165) is 30.9 Å². The zero-order chi connectivity index (χ0) is 14.5. The number of anilines is 1. The minimum atomic E-state index is 0.875. The maximum absolute atomic E-state index is 4.54. The first-order chi connectivity index (χ1) is 9.65. The Morgan fingerprint density at radius 2 is 1.70 bits per heavy atom. The number of benzene rings is 1. The summed E-state index contributed by atoms with van der Waals surface area (Å²) in [5, 5.41) is 3.35. The van der Waals surface area contributed by atoms with Crippen LogP contribution in [0.3, 0.4) is 0 Å². The van der Waals surface area contributed by atoms with Gasteiger partial charge in [-0.25, -0.2) is 9.97 Å². The second kappa shape index (κ2) is 6.51. The summed E-state index contributed by atoms with van der Waals surface area (Å²) in [6, 6.07) is 6.59. The number of rotatable bonds is 5. The van der Waals surface area contributed by atoms with Crippen molar-refractivity contribution in [2.24, 2.45) is 0 Å². The molecule has 0 aliphatic carbocycles. The molecule has 1 aromatic carbocycles. The predicted molar refractivity (Wildman–Crippen MR) is 85.1 cm³/mol. The summed E-state index contributed by atoms with van der Waals surface area (Å²) in [5.74, 6) is 0.971. The van der Waals surface area contributed by atoms with Gasteiger partial charge in [0.15, 0.2) is 0 Å². The molecule has 106 valence electrons. The van der Waals surface area contributed by atoms with Crippen LogP contribution in [0.1, 0.15) is 37.0 Å². The van der Waals surface area contributed by atoms with Crippen LogP contribution in [-0.4, -0.2) is 16.5 Å². The molecule has 3 heteroatoms. The zero-order valence-corrected chi connectivity index (χ0v) is 12.8. The highest BCUT2D eigenvalue weighted by Gasteiger charge is 2.12. The van der Waals surface area contributed by atoms with Gasteiger partial charge < -0.3 is 5.32 Å². The molecule has 0 bridgehead atoms. The molecule has 0 radical (unpaired) electrons. The summed E-state index contributed by atoms with van der Waals surface area (Å²) in [5.41, 5.74) is 6.01. The van der Waals surface area contributed by atoms with Gasteiger partial charge >= 0.3 is 0 Å². The smallest absolute Gasteiger partial charge is 0.133 e. The second-order valence-electron chi connectivity index (χ2n) is 5.21. The molecule has 0 fully saturated rings. The average molecular weight is 269 g/mol. The molecule has 0 saturated heterocycles. The normalized spacial score (nSPS) is 10.6. The van der Waals surface area contributed by atoms with Crippen LogP contribution >= 0.6 is 0 Å². The molecule has 0 aliphatic rings. The molecule has 0 amide bonds. The Bertz CT molecular complexity index is 571. The van der Waals surface area contributed by atoms with E-state index in [4.69, 9.17) is 0 Å². The number of nitrogens with zero attached hydrogens (tertiary/aromatic N) is 2. The van der Waals surface area contributed by atoms with Crippen molar-refractivity contribution in [3.8, 4) is 11.3 Å². The number of nitrogens with one attached hydrogen (secondary N) is 1. The monoisotopic (exact) mass is 269 g/mol. The van der Waals surface area contributed by atoms with E-state index in [0.29, 0.717) is 0 Å². The quantitative estimate of drug-likeness (QED) is 0.886. The summed E-state index contributed by atoms with van der Waals surface area (Å²) in [6.45, 7) is 9.41. The lowest BCUT2D eigenvalue weighted by atomic mass is 9.99. The molecule has 1 aromatic heterocycles. The largest absolute Gasteiger partial charge is 0.370 e. The van der Waals surface area contributed by atoms with E-state index in [9.17, 15) is 0 Å². The highest BCUT2D eigenvalue weighted by atomic mass is 15.0. The molecule has 20 heavy (non-hydrogen) atoms. The Labute approximate surface area is 121 Å². The molecule has 0 aliphatic heterocycles. The zero-order valence-electron chi connectivity index (χ0n) is 12.8. The fraction of sp³-hybridized carbons (Fsp3) is 0.412. The number of hydrogen-bond donors (Lipinski definition) is 1. The van der Waals surface area contributed by atoms with Crippen molar-refractivity contribution in [2.45, 2.75) is 40.5 Å². The van der Waals surface area contributed by atoms with Crippen LogP contribution in [0, 0.1) is 13.8 Å². The van der Waals surface area contributed by atoms with Crippen LogP contribution in [0.5, 0.6) is 0 Å². The standard InChI is InChI=1S/C17H23N3/c1-5-7-15-16(19-11-20-17(15)18-6-2)14-9-12(3)8-13(4)10-14/h8-11H,5-7H2,1-4H3,(H,18,19,20). The highest BCUT2D eigenvalue weighted by Crippen LogP contribution is 2.28. The van der Waals surface area contributed by atoms with Crippen LogP contribution in [0.2, 0.25) is 0 Å². The molecule has 3 nitrogen and oxygen atoms in total. The summed E-state index contributed by atoms with van der Waals surface area (Å²) >= 11 is 0. The molecule has 0 unspecified atom stereocenters. The summed E-state index contributed by atoms with van der Waals surface area (Å²) < 4.78 is 0. The minimum absolute atomic E-state index is 0.875. The van der Waals surface area contributed by atoms with Gasteiger partial charge in [0, 0.05) is 17.7 Å². The van der Waals surface area contributed by atoms with Crippen molar-refractivity contribution in [2.75, 3.05) is 11.9 Å². The van der Waals surface area contributed by atoms with Crippen LogP contribution in [0.25, 0.3) is 11.3 Å². The van der Waals surface area contributed by atoms with Gasteiger partial charge in [0.25, 0.3) is 0 Å². The Kier molecular flexibility index (Phi) is 4.72.